The minimum absolute atomic E-state index is 0.111. The minimum Gasteiger partial charge on any atom is -0.372 e. The van der Waals surface area contributed by atoms with Gasteiger partial charge in [-0.05, 0) is 55.0 Å². The fourth-order valence-electron chi connectivity index (χ4n) is 4.19. The van der Waals surface area contributed by atoms with Gasteiger partial charge in [-0.3, -0.25) is 9.69 Å². The molecular formula is C23H29N3O. The van der Waals surface area contributed by atoms with Crippen LogP contribution in [0, 0.1) is 0 Å². The lowest BCUT2D eigenvalue weighted by molar-refractivity contribution is -0.126. The summed E-state index contributed by atoms with van der Waals surface area (Å²) < 4.78 is 0. The number of carbonyl (C=O) groups is 1. The molecule has 0 radical (unpaired) electrons. The van der Waals surface area contributed by atoms with Crippen LogP contribution < -0.4 is 10.2 Å². The van der Waals surface area contributed by atoms with Crippen molar-refractivity contribution in [3.05, 3.63) is 65.2 Å². The zero-order chi connectivity index (χ0) is 18.6. The van der Waals surface area contributed by atoms with Gasteiger partial charge in [-0.2, -0.15) is 0 Å². The van der Waals surface area contributed by atoms with Crippen LogP contribution in [0.25, 0.3) is 0 Å². The molecule has 0 bridgehead atoms. The number of hydrogen-bond donors (Lipinski definition) is 1. The lowest BCUT2D eigenvalue weighted by Gasteiger charge is -2.32. The third-order valence-corrected chi connectivity index (χ3v) is 5.94. The largest absolute Gasteiger partial charge is 0.372 e. The van der Waals surface area contributed by atoms with Crippen LogP contribution in [0.5, 0.6) is 0 Å². The molecule has 2 aromatic carbocycles. The van der Waals surface area contributed by atoms with Crippen LogP contribution in [0.15, 0.2) is 48.5 Å². The van der Waals surface area contributed by atoms with E-state index in [1.165, 1.54) is 35.2 Å². The summed E-state index contributed by atoms with van der Waals surface area (Å²) >= 11 is 0. The third-order valence-electron chi connectivity index (χ3n) is 5.94. The lowest BCUT2D eigenvalue weighted by Crippen LogP contribution is -2.46. The van der Waals surface area contributed by atoms with Crippen LogP contribution in [-0.4, -0.2) is 36.5 Å². The van der Waals surface area contributed by atoms with Gasteiger partial charge >= 0.3 is 0 Å². The van der Waals surface area contributed by atoms with Crippen LogP contribution in [0.4, 0.5) is 5.69 Å². The second-order valence-corrected chi connectivity index (χ2v) is 7.75. The van der Waals surface area contributed by atoms with Gasteiger partial charge in [0.2, 0.25) is 5.91 Å². The average molecular weight is 364 g/mol. The predicted molar refractivity (Wildman–Crippen MR) is 110 cm³/mol. The summed E-state index contributed by atoms with van der Waals surface area (Å²) in [4.78, 5) is 17.4. The van der Waals surface area contributed by atoms with E-state index in [1.54, 1.807) is 0 Å². The molecule has 4 nitrogen and oxygen atoms in total. The first-order valence-corrected chi connectivity index (χ1v) is 10.1. The zero-order valence-electron chi connectivity index (χ0n) is 16.2. The van der Waals surface area contributed by atoms with E-state index in [-0.39, 0.29) is 11.9 Å². The maximum atomic E-state index is 12.7. The summed E-state index contributed by atoms with van der Waals surface area (Å²) in [6.45, 7) is 6.69. The number of hydrogen-bond acceptors (Lipinski definition) is 3. The van der Waals surface area contributed by atoms with Crippen molar-refractivity contribution in [2.75, 3.05) is 24.5 Å². The molecule has 1 atom stereocenters. The molecule has 1 N–H and O–H groups in total. The van der Waals surface area contributed by atoms with Gasteiger partial charge in [0.25, 0.3) is 0 Å². The fourth-order valence-corrected chi connectivity index (χ4v) is 4.19. The Morgan fingerprint density at radius 3 is 2.63 bits per heavy atom. The molecule has 1 fully saturated rings. The van der Waals surface area contributed by atoms with Gasteiger partial charge in [-0.15, -0.1) is 0 Å². The maximum Gasteiger partial charge on any atom is 0.237 e. The molecule has 142 valence electrons. The molecule has 0 unspecified atom stereocenters. The fraction of sp³-hybridized carbons (Fsp3) is 0.435. The third kappa shape index (κ3) is 4.16. The van der Waals surface area contributed by atoms with Gasteiger partial charge in [0.05, 0.1) is 6.04 Å². The summed E-state index contributed by atoms with van der Waals surface area (Å²) in [6, 6.07) is 17.0. The van der Waals surface area contributed by atoms with E-state index in [2.05, 4.69) is 63.6 Å². The van der Waals surface area contributed by atoms with Crippen LogP contribution in [-0.2, 0) is 24.3 Å². The highest BCUT2D eigenvalue weighted by Crippen LogP contribution is 2.22. The Kier molecular flexibility index (Phi) is 5.44. The monoisotopic (exact) mass is 363 g/mol. The number of carbonyl (C=O) groups excluding carboxylic acids is 1. The molecule has 2 aliphatic rings. The molecule has 0 spiro atoms. The normalized spacial score (nSPS) is 18.2. The van der Waals surface area contributed by atoms with Crippen LogP contribution >= 0.6 is 0 Å². The first-order valence-electron chi connectivity index (χ1n) is 10.1. The number of nitrogens with zero attached hydrogens (tertiary/aromatic N) is 2. The van der Waals surface area contributed by atoms with Crippen molar-refractivity contribution in [1.82, 2.24) is 10.2 Å². The number of anilines is 1. The van der Waals surface area contributed by atoms with Gasteiger partial charge in [0, 0.05) is 38.4 Å². The number of amides is 1. The van der Waals surface area contributed by atoms with Crippen molar-refractivity contribution >= 4 is 11.6 Å². The Hall–Kier alpha value is -2.33. The van der Waals surface area contributed by atoms with Gasteiger partial charge in [0.15, 0.2) is 0 Å². The summed E-state index contributed by atoms with van der Waals surface area (Å²) in [6.07, 6.45) is 3.57. The van der Waals surface area contributed by atoms with Crippen LogP contribution in [0.3, 0.4) is 0 Å². The van der Waals surface area contributed by atoms with Crippen molar-refractivity contribution in [1.29, 1.82) is 0 Å². The molecule has 2 heterocycles. The smallest absolute Gasteiger partial charge is 0.237 e. The molecule has 0 saturated carbocycles. The summed E-state index contributed by atoms with van der Waals surface area (Å²) in [5, 5.41) is 3.14. The molecule has 1 amide bonds. The van der Waals surface area contributed by atoms with Crippen LogP contribution in [0.1, 0.15) is 36.5 Å². The van der Waals surface area contributed by atoms with E-state index in [0.717, 1.165) is 32.6 Å². The summed E-state index contributed by atoms with van der Waals surface area (Å²) in [7, 11) is 0. The molecular weight excluding hydrogens is 334 g/mol. The maximum absolute atomic E-state index is 12.7. The molecule has 2 aliphatic heterocycles. The Morgan fingerprint density at radius 2 is 1.81 bits per heavy atom. The molecule has 27 heavy (non-hydrogen) atoms. The first-order chi connectivity index (χ1) is 13.2. The standard InChI is InChI=1S/C23H29N3O/c1-18(26-14-11-20-8-2-3-9-21(20)17-26)23(27)24-16-19-7-6-10-22(15-19)25-12-4-5-13-25/h2-3,6-10,15,18H,4-5,11-14,16-17H2,1H3,(H,24,27)/t18-/m1/s1. The van der Waals surface area contributed by atoms with Gasteiger partial charge < -0.3 is 10.2 Å². The first kappa shape index (κ1) is 18.1. The lowest BCUT2D eigenvalue weighted by atomic mass is 9.99. The van der Waals surface area contributed by atoms with E-state index in [1.807, 2.05) is 6.92 Å². The van der Waals surface area contributed by atoms with E-state index in [0.29, 0.717) is 6.54 Å². The molecule has 2 aromatic rings. The SMILES string of the molecule is C[C@H](C(=O)NCc1cccc(N2CCCC2)c1)N1CCc2ccccc2C1. The highest BCUT2D eigenvalue weighted by atomic mass is 16.2. The van der Waals surface area contributed by atoms with Crippen LogP contribution in [0.2, 0.25) is 0 Å². The van der Waals surface area contributed by atoms with E-state index >= 15 is 0 Å². The average Bonchev–Trinajstić information content (AvgIpc) is 3.26. The van der Waals surface area contributed by atoms with Crippen molar-refractivity contribution < 1.29 is 4.79 Å². The van der Waals surface area contributed by atoms with E-state index in [4.69, 9.17) is 0 Å². The van der Waals surface area contributed by atoms with Gasteiger partial charge in [-0.25, -0.2) is 0 Å². The van der Waals surface area contributed by atoms with E-state index in [9.17, 15) is 4.79 Å². The predicted octanol–water partition coefficient (Wildman–Crippen LogP) is 3.35. The molecule has 4 heteroatoms. The molecule has 1 saturated heterocycles. The van der Waals surface area contributed by atoms with Gasteiger partial charge in [-0.1, -0.05) is 36.4 Å². The van der Waals surface area contributed by atoms with Crippen molar-refractivity contribution in [2.45, 2.75) is 45.3 Å². The topological polar surface area (TPSA) is 35.6 Å². The molecule has 0 aromatic heterocycles. The quantitative estimate of drug-likeness (QED) is 0.885. The van der Waals surface area contributed by atoms with Crippen molar-refractivity contribution in [2.24, 2.45) is 0 Å². The van der Waals surface area contributed by atoms with Gasteiger partial charge in [0.1, 0.15) is 0 Å². The second-order valence-electron chi connectivity index (χ2n) is 7.75. The highest BCUT2D eigenvalue weighted by molar-refractivity contribution is 5.81. The number of benzene rings is 2. The van der Waals surface area contributed by atoms with Crippen molar-refractivity contribution in [3.63, 3.8) is 0 Å². The van der Waals surface area contributed by atoms with E-state index < -0.39 is 0 Å². The Bertz CT molecular complexity index is 798. The minimum atomic E-state index is -0.111. The Labute approximate surface area is 162 Å². The molecule has 4 rings (SSSR count). The number of rotatable bonds is 5. The Morgan fingerprint density at radius 1 is 1.04 bits per heavy atom. The Balaban J connectivity index is 1.33. The zero-order valence-corrected chi connectivity index (χ0v) is 16.2. The summed E-state index contributed by atoms with van der Waals surface area (Å²) in [5.41, 5.74) is 5.21. The second kappa shape index (κ2) is 8.13. The summed E-state index contributed by atoms with van der Waals surface area (Å²) in [5.74, 6) is 0.112. The molecule has 0 aliphatic carbocycles. The number of fused-ring (bicyclic) bond motifs is 1. The highest BCUT2D eigenvalue weighted by Gasteiger charge is 2.25. The number of nitrogens with one attached hydrogen (secondary N) is 1. The van der Waals surface area contributed by atoms with Crippen molar-refractivity contribution in [3.8, 4) is 0 Å².